The molecule has 0 heterocycles. The highest BCUT2D eigenvalue weighted by atomic mass is 127. The van der Waals surface area contributed by atoms with Gasteiger partial charge in [-0.2, -0.15) is 0 Å². The minimum absolute atomic E-state index is 0.104. The molecule has 6 heteroatoms. The third-order valence-corrected chi connectivity index (χ3v) is 2.52. The van der Waals surface area contributed by atoms with Crippen LogP contribution in [-0.4, -0.2) is 18.0 Å². The number of nitro benzene ring substituents is 1. The Morgan fingerprint density at radius 1 is 1.57 bits per heavy atom. The molecular formula is C8H10IN3O2. The molecule has 1 rings (SSSR count). The lowest BCUT2D eigenvalue weighted by molar-refractivity contribution is -0.384. The summed E-state index contributed by atoms with van der Waals surface area (Å²) in [6, 6.07) is 4.69. The summed E-state index contributed by atoms with van der Waals surface area (Å²) in [5.74, 6) is 0. The Labute approximate surface area is 95.0 Å². The maximum atomic E-state index is 10.4. The van der Waals surface area contributed by atoms with Gasteiger partial charge < -0.3 is 11.1 Å². The maximum Gasteiger partial charge on any atom is 0.270 e. The van der Waals surface area contributed by atoms with Crippen molar-refractivity contribution < 1.29 is 4.92 Å². The van der Waals surface area contributed by atoms with Gasteiger partial charge in [0.15, 0.2) is 0 Å². The molecule has 0 unspecified atom stereocenters. The average molecular weight is 307 g/mol. The first-order chi connectivity index (χ1) is 6.65. The minimum atomic E-state index is -0.408. The number of rotatable bonds is 4. The average Bonchev–Trinajstić information content (AvgIpc) is 2.15. The van der Waals surface area contributed by atoms with Crippen molar-refractivity contribution in [3.8, 4) is 0 Å². The normalized spacial score (nSPS) is 9.86. The Bertz CT molecular complexity index is 343. The molecule has 3 N–H and O–H groups in total. The van der Waals surface area contributed by atoms with Gasteiger partial charge in [0.1, 0.15) is 0 Å². The summed E-state index contributed by atoms with van der Waals surface area (Å²) >= 11 is 2.05. The fourth-order valence-corrected chi connectivity index (χ4v) is 1.66. The van der Waals surface area contributed by atoms with Crippen LogP contribution in [0.2, 0.25) is 0 Å². The maximum absolute atomic E-state index is 10.4. The Morgan fingerprint density at radius 3 is 2.79 bits per heavy atom. The van der Waals surface area contributed by atoms with Gasteiger partial charge in [0, 0.05) is 34.5 Å². The summed E-state index contributed by atoms with van der Waals surface area (Å²) in [5, 5.41) is 13.5. The second-order valence-electron chi connectivity index (χ2n) is 2.64. The van der Waals surface area contributed by atoms with Gasteiger partial charge in [0.2, 0.25) is 0 Å². The summed E-state index contributed by atoms with van der Waals surface area (Å²) in [4.78, 5) is 10.0. The summed E-state index contributed by atoms with van der Waals surface area (Å²) in [5.41, 5.74) is 6.31. The van der Waals surface area contributed by atoms with Gasteiger partial charge in [0.05, 0.1) is 4.92 Å². The molecule has 0 aliphatic rings. The van der Waals surface area contributed by atoms with E-state index in [1.807, 2.05) is 0 Å². The topological polar surface area (TPSA) is 81.2 Å². The molecule has 0 amide bonds. The first kappa shape index (κ1) is 11.2. The van der Waals surface area contributed by atoms with Gasteiger partial charge in [-0.1, -0.05) is 0 Å². The molecule has 0 aliphatic carbocycles. The van der Waals surface area contributed by atoms with E-state index in [1.165, 1.54) is 12.1 Å². The largest absolute Gasteiger partial charge is 0.383 e. The lowest BCUT2D eigenvalue weighted by Gasteiger charge is -2.06. The van der Waals surface area contributed by atoms with Gasteiger partial charge in [-0.25, -0.2) is 0 Å². The monoisotopic (exact) mass is 307 g/mol. The highest BCUT2D eigenvalue weighted by Gasteiger charge is 2.07. The number of nitrogens with two attached hydrogens (primary N) is 1. The van der Waals surface area contributed by atoms with Gasteiger partial charge in [-0.3, -0.25) is 10.1 Å². The quantitative estimate of drug-likeness (QED) is 0.502. The minimum Gasteiger partial charge on any atom is -0.383 e. The van der Waals surface area contributed by atoms with Crippen molar-refractivity contribution in [1.29, 1.82) is 0 Å². The molecule has 0 aromatic heterocycles. The van der Waals surface area contributed by atoms with Crippen LogP contribution in [-0.2, 0) is 0 Å². The number of hydrogen-bond donors (Lipinski definition) is 2. The van der Waals surface area contributed by atoms with Crippen LogP contribution in [0, 0.1) is 13.7 Å². The predicted octanol–water partition coefficient (Wildman–Crippen LogP) is 1.57. The molecule has 14 heavy (non-hydrogen) atoms. The van der Waals surface area contributed by atoms with Crippen LogP contribution in [0.15, 0.2) is 18.2 Å². The Morgan fingerprint density at radius 2 is 2.29 bits per heavy atom. The molecule has 0 spiro atoms. The van der Waals surface area contributed by atoms with Crippen molar-refractivity contribution in [1.82, 2.24) is 0 Å². The van der Waals surface area contributed by atoms with Gasteiger partial charge in [-0.05, 0) is 28.7 Å². The molecule has 5 nitrogen and oxygen atoms in total. The summed E-state index contributed by atoms with van der Waals surface area (Å²) in [6.07, 6.45) is 0. The molecule has 0 radical (unpaired) electrons. The molecule has 1 aromatic rings. The zero-order valence-electron chi connectivity index (χ0n) is 7.37. The van der Waals surface area contributed by atoms with Crippen LogP contribution < -0.4 is 11.1 Å². The predicted molar refractivity (Wildman–Crippen MR) is 63.4 cm³/mol. The molecule has 76 valence electrons. The smallest absolute Gasteiger partial charge is 0.270 e. The van der Waals surface area contributed by atoms with Crippen molar-refractivity contribution in [2.24, 2.45) is 5.73 Å². The summed E-state index contributed by atoms with van der Waals surface area (Å²) in [7, 11) is 0. The molecule has 0 bridgehead atoms. The van der Waals surface area contributed by atoms with E-state index < -0.39 is 4.92 Å². The van der Waals surface area contributed by atoms with Crippen LogP contribution in [0.1, 0.15) is 0 Å². The fourth-order valence-electron chi connectivity index (χ4n) is 0.968. The number of non-ortho nitro benzene ring substituents is 1. The molecular weight excluding hydrogens is 297 g/mol. The van der Waals surface area contributed by atoms with Crippen molar-refractivity contribution in [3.05, 3.63) is 31.9 Å². The second kappa shape index (κ2) is 5.11. The molecule has 0 atom stereocenters. The third kappa shape index (κ3) is 2.81. The lowest BCUT2D eigenvalue weighted by atomic mass is 10.3. The van der Waals surface area contributed by atoms with E-state index >= 15 is 0 Å². The lowest BCUT2D eigenvalue weighted by Crippen LogP contribution is -2.13. The second-order valence-corrected chi connectivity index (χ2v) is 3.80. The fraction of sp³-hybridized carbons (Fsp3) is 0.250. The van der Waals surface area contributed by atoms with Crippen LogP contribution in [0.3, 0.4) is 0 Å². The number of anilines is 1. The molecule has 0 saturated carbocycles. The zero-order chi connectivity index (χ0) is 10.6. The number of hydrogen-bond acceptors (Lipinski definition) is 4. The van der Waals surface area contributed by atoms with Crippen molar-refractivity contribution >= 4 is 34.0 Å². The van der Waals surface area contributed by atoms with Crippen LogP contribution >= 0.6 is 22.6 Å². The van der Waals surface area contributed by atoms with Crippen molar-refractivity contribution in [2.45, 2.75) is 0 Å². The molecule has 0 saturated heterocycles. The van der Waals surface area contributed by atoms with Crippen LogP contribution in [0.25, 0.3) is 0 Å². The highest BCUT2D eigenvalue weighted by molar-refractivity contribution is 14.1. The van der Waals surface area contributed by atoms with E-state index in [1.54, 1.807) is 6.07 Å². The first-order valence-electron chi connectivity index (χ1n) is 4.03. The van der Waals surface area contributed by atoms with E-state index in [0.717, 1.165) is 9.26 Å². The number of nitro groups is 1. The van der Waals surface area contributed by atoms with E-state index in [-0.39, 0.29) is 5.69 Å². The van der Waals surface area contributed by atoms with E-state index in [2.05, 4.69) is 27.9 Å². The van der Waals surface area contributed by atoms with Gasteiger partial charge in [-0.15, -0.1) is 0 Å². The summed E-state index contributed by atoms with van der Waals surface area (Å²) in [6.45, 7) is 1.20. The number of nitrogens with one attached hydrogen (secondary N) is 1. The van der Waals surface area contributed by atoms with Crippen LogP contribution in [0.4, 0.5) is 11.4 Å². The van der Waals surface area contributed by atoms with E-state index in [4.69, 9.17) is 5.73 Å². The van der Waals surface area contributed by atoms with Crippen LogP contribution in [0.5, 0.6) is 0 Å². The molecule has 1 aromatic carbocycles. The summed E-state index contributed by atoms with van der Waals surface area (Å²) < 4.78 is 0.824. The Hall–Kier alpha value is -0.890. The third-order valence-electron chi connectivity index (χ3n) is 1.62. The van der Waals surface area contributed by atoms with Gasteiger partial charge >= 0.3 is 0 Å². The molecule has 0 fully saturated rings. The van der Waals surface area contributed by atoms with Crippen molar-refractivity contribution in [2.75, 3.05) is 18.4 Å². The van der Waals surface area contributed by atoms with Gasteiger partial charge in [0.25, 0.3) is 5.69 Å². The zero-order valence-corrected chi connectivity index (χ0v) is 9.52. The Kier molecular flexibility index (Phi) is 4.08. The first-order valence-corrected chi connectivity index (χ1v) is 5.11. The SMILES string of the molecule is NCCNc1ccc([N+](=O)[O-])cc1I. The standard InChI is InChI=1S/C8H10IN3O2/c9-7-5-6(12(13)14)1-2-8(7)11-4-3-10/h1-2,5,11H,3-4,10H2. The van der Waals surface area contributed by atoms with E-state index in [0.29, 0.717) is 13.1 Å². The molecule has 0 aliphatic heterocycles. The highest BCUT2D eigenvalue weighted by Crippen LogP contribution is 2.23. The number of benzene rings is 1. The van der Waals surface area contributed by atoms with E-state index in [9.17, 15) is 10.1 Å². The number of nitrogens with zero attached hydrogens (tertiary/aromatic N) is 1. The van der Waals surface area contributed by atoms with Crippen molar-refractivity contribution in [3.63, 3.8) is 0 Å². The Balaban J connectivity index is 2.84. The number of halogens is 1.